The molecule has 0 spiro atoms. The second-order valence-corrected chi connectivity index (χ2v) is 6.16. The van der Waals surface area contributed by atoms with Gasteiger partial charge in [-0.2, -0.15) is 0 Å². The van der Waals surface area contributed by atoms with Gasteiger partial charge in [-0.15, -0.1) is 0 Å². The number of aliphatic imine (C=N–C) groups is 1. The summed E-state index contributed by atoms with van der Waals surface area (Å²) in [5.41, 5.74) is 2.64. The Balaban J connectivity index is 1.73. The SMILES string of the molecule is Cc1cc(=O)n2c(n1)NC(=NCc1ccccc1)N[C@@H]2c1ccccc1. The van der Waals surface area contributed by atoms with E-state index in [4.69, 9.17) is 0 Å². The van der Waals surface area contributed by atoms with E-state index < -0.39 is 0 Å². The molecular formula is C20H19N5O. The van der Waals surface area contributed by atoms with E-state index in [-0.39, 0.29) is 11.7 Å². The van der Waals surface area contributed by atoms with Crippen LogP contribution in [0.4, 0.5) is 5.95 Å². The average Bonchev–Trinajstić information content (AvgIpc) is 2.67. The van der Waals surface area contributed by atoms with Gasteiger partial charge < -0.3 is 5.32 Å². The Bertz CT molecular complexity index is 996. The molecule has 2 heterocycles. The Morgan fingerprint density at radius 3 is 2.50 bits per heavy atom. The largest absolute Gasteiger partial charge is 0.331 e. The van der Waals surface area contributed by atoms with Gasteiger partial charge in [0.15, 0.2) is 5.96 Å². The number of hydrogen-bond donors (Lipinski definition) is 2. The molecule has 0 amide bonds. The van der Waals surface area contributed by atoms with E-state index in [9.17, 15) is 4.79 Å². The van der Waals surface area contributed by atoms with Crippen molar-refractivity contribution in [1.82, 2.24) is 14.9 Å². The second kappa shape index (κ2) is 6.84. The van der Waals surface area contributed by atoms with Crippen molar-refractivity contribution in [2.75, 3.05) is 5.32 Å². The van der Waals surface area contributed by atoms with Crippen LogP contribution in [-0.4, -0.2) is 15.5 Å². The summed E-state index contributed by atoms with van der Waals surface area (Å²) in [5, 5.41) is 6.46. The second-order valence-electron chi connectivity index (χ2n) is 6.16. The van der Waals surface area contributed by atoms with Crippen LogP contribution in [0.2, 0.25) is 0 Å². The summed E-state index contributed by atoms with van der Waals surface area (Å²) in [6.45, 7) is 2.35. The van der Waals surface area contributed by atoms with Gasteiger partial charge in [0, 0.05) is 11.8 Å². The first kappa shape index (κ1) is 16.1. The number of benzene rings is 2. The lowest BCUT2D eigenvalue weighted by Crippen LogP contribution is -2.48. The van der Waals surface area contributed by atoms with Gasteiger partial charge >= 0.3 is 0 Å². The van der Waals surface area contributed by atoms with Crippen LogP contribution in [0.3, 0.4) is 0 Å². The zero-order chi connectivity index (χ0) is 17.9. The van der Waals surface area contributed by atoms with E-state index in [1.807, 2.05) is 67.6 Å². The van der Waals surface area contributed by atoms with Crippen molar-refractivity contribution in [2.45, 2.75) is 19.6 Å². The smallest absolute Gasteiger partial charge is 0.257 e. The van der Waals surface area contributed by atoms with E-state index in [0.717, 1.165) is 11.1 Å². The van der Waals surface area contributed by atoms with E-state index in [1.165, 1.54) is 6.07 Å². The summed E-state index contributed by atoms with van der Waals surface area (Å²) in [6, 6.07) is 21.4. The van der Waals surface area contributed by atoms with Crippen LogP contribution in [0.5, 0.6) is 0 Å². The van der Waals surface area contributed by atoms with Crippen LogP contribution < -0.4 is 16.2 Å². The molecule has 130 valence electrons. The third-order valence-corrected chi connectivity index (χ3v) is 4.22. The van der Waals surface area contributed by atoms with Gasteiger partial charge in [-0.3, -0.25) is 14.7 Å². The van der Waals surface area contributed by atoms with E-state index in [2.05, 4.69) is 20.6 Å². The molecule has 6 nitrogen and oxygen atoms in total. The zero-order valence-corrected chi connectivity index (χ0v) is 14.4. The van der Waals surface area contributed by atoms with Crippen LogP contribution in [0.15, 0.2) is 76.5 Å². The third kappa shape index (κ3) is 3.21. The Kier molecular flexibility index (Phi) is 4.23. The maximum absolute atomic E-state index is 12.6. The number of aryl methyl sites for hydroxylation is 1. The molecule has 0 unspecified atom stereocenters. The van der Waals surface area contributed by atoms with E-state index >= 15 is 0 Å². The molecule has 0 saturated heterocycles. The van der Waals surface area contributed by atoms with Crippen molar-refractivity contribution in [2.24, 2.45) is 4.99 Å². The molecular weight excluding hydrogens is 326 g/mol. The summed E-state index contributed by atoms with van der Waals surface area (Å²) in [6.07, 6.45) is -0.359. The normalized spacial score (nSPS) is 17.3. The van der Waals surface area contributed by atoms with Crippen molar-refractivity contribution >= 4 is 11.9 Å². The number of rotatable bonds is 3. The lowest BCUT2D eigenvalue weighted by Gasteiger charge is -2.31. The van der Waals surface area contributed by atoms with Crippen molar-refractivity contribution in [3.8, 4) is 0 Å². The molecule has 0 aliphatic carbocycles. The molecule has 2 aromatic carbocycles. The highest BCUT2D eigenvalue weighted by Gasteiger charge is 2.26. The molecule has 0 saturated carbocycles. The van der Waals surface area contributed by atoms with Gasteiger partial charge in [-0.05, 0) is 18.1 Å². The summed E-state index contributed by atoms with van der Waals surface area (Å²) < 4.78 is 1.61. The topological polar surface area (TPSA) is 71.3 Å². The lowest BCUT2D eigenvalue weighted by atomic mass is 10.1. The molecule has 3 aromatic rings. The van der Waals surface area contributed by atoms with E-state index in [1.54, 1.807) is 4.57 Å². The molecule has 1 atom stereocenters. The fraction of sp³-hybridized carbons (Fsp3) is 0.150. The Morgan fingerprint density at radius 2 is 1.77 bits per heavy atom. The molecule has 0 bridgehead atoms. The number of anilines is 1. The van der Waals surface area contributed by atoms with Crippen LogP contribution in [0.1, 0.15) is 23.0 Å². The predicted octanol–water partition coefficient (Wildman–Crippen LogP) is 2.67. The molecule has 4 rings (SSSR count). The van der Waals surface area contributed by atoms with Crippen molar-refractivity contribution in [1.29, 1.82) is 0 Å². The van der Waals surface area contributed by atoms with Gasteiger partial charge in [0.1, 0.15) is 6.17 Å². The van der Waals surface area contributed by atoms with Gasteiger partial charge in [0.2, 0.25) is 5.95 Å². The maximum Gasteiger partial charge on any atom is 0.257 e. The third-order valence-electron chi connectivity index (χ3n) is 4.22. The van der Waals surface area contributed by atoms with Crippen LogP contribution in [-0.2, 0) is 6.54 Å². The van der Waals surface area contributed by atoms with Gasteiger partial charge in [0.25, 0.3) is 5.56 Å². The number of aromatic nitrogens is 2. The van der Waals surface area contributed by atoms with Crippen molar-refractivity contribution in [3.63, 3.8) is 0 Å². The first-order chi connectivity index (χ1) is 12.7. The summed E-state index contributed by atoms with van der Waals surface area (Å²) >= 11 is 0. The minimum atomic E-state index is -0.359. The van der Waals surface area contributed by atoms with Gasteiger partial charge in [0.05, 0.1) is 6.54 Å². The fourth-order valence-electron chi connectivity index (χ4n) is 2.99. The number of nitrogens with one attached hydrogen (secondary N) is 2. The molecule has 1 aliphatic rings. The molecule has 0 radical (unpaired) electrons. The van der Waals surface area contributed by atoms with Gasteiger partial charge in [-0.25, -0.2) is 9.98 Å². The monoisotopic (exact) mass is 345 g/mol. The highest BCUT2D eigenvalue weighted by atomic mass is 16.1. The van der Waals surface area contributed by atoms with Gasteiger partial charge in [-0.1, -0.05) is 60.7 Å². The Labute approximate surface area is 151 Å². The molecule has 1 aromatic heterocycles. The van der Waals surface area contributed by atoms with Crippen LogP contribution in [0, 0.1) is 6.92 Å². The average molecular weight is 345 g/mol. The van der Waals surface area contributed by atoms with Crippen LogP contribution in [0.25, 0.3) is 0 Å². The van der Waals surface area contributed by atoms with Crippen molar-refractivity contribution < 1.29 is 0 Å². The number of fused-ring (bicyclic) bond motifs is 1. The Morgan fingerprint density at radius 1 is 1.08 bits per heavy atom. The standard InChI is InChI=1S/C20H19N5O/c1-14-12-17(26)25-18(16-10-6-3-7-11-16)23-19(24-20(25)22-14)21-13-15-8-4-2-5-9-15/h2-12,18H,13H2,1H3,(H2,21,22,23,24)/t18-/m0/s1. The number of hydrogen-bond acceptors (Lipinski definition) is 3. The first-order valence-electron chi connectivity index (χ1n) is 8.48. The molecule has 1 aliphatic heterocycles. The molecule has 6 heteroatoms. The number of guanidine groups is 1. The first-order valence-corrected chi connectivity index (χ1v) is 8.48. The quantitative estimate of drug-likeness (QED) is 0.766. The van der Waals surface area contributed by atoms with Crippen LogP contribution >= 0.6 is 0 Å². The maximum atomic E-state index is 12.6. The van der Waals surface area contributed by atoms with E-state index in [0.29, 0.717) is 24.1 Å². The summed E-state index contributed by atoms with van der Waals surface area (Å²) in [5.74, 6) is 1.09. The minimum Gasteiger partial charge on any atom is -0.331 e. The molecule has 2 N–H and O–H groups in total. The molecule has 0 fully saturated rings. The summed E-state index contributed by atoms with van der Waals surface area (Å²) in [7, 11) is 0. The molecule has 26 heavy (non-hydrogen) atoms. The highest BCUT2D eigenvalue weighted by Crippen LogP contribution is 2.21. The summed E-state index contributed by atoms with van der Waals surface area (Å²) in [4.78, 5) is 21.7. The lowest BCUT2D eigenvalue weighted by molar-refractivity contribution is 0.515. The minimum absolute atomic E-state index is 0.108. The fourth-order valence-corrected chi connectivity index (χ4v) is 2.99. The zero-order valence-electron chi connectivity index (χ0n) is 14.4. The highest BCUT2D eigenvalue weighted by molar-refractivity contribution is 5.93. The van der Waals surface area contributed by atoms with Crippen molar-refractivity contribution in [3.05, 3.63) is 93.9 Å². The predicted molar refractivity (Wildman–Crippen MR) is 102 cm³/mol. The Hall–Kier alpha value is -3.41. The number of nitrogens with zero attached hydrogens (tertiary/aromatic N) is 3.